The van der Waals surface area contributed by atoms with Crippen molar-refractivity contribution >= 4 is 11.8 Å². The number of carbonyl (C=O) groups is 2. The standard InChI is InChI=1S/C18H24N2O2/c1-3-20-16(21)11-10-15(18(22)19-13-8-9-13)17(20)14-7-5-4-6-12(14)2/h4-7,13,15,17H,3,8-11H2,1-2H3,(H,19,22)/t15-,17+/m1/s1. The van der Waals surface area contributed by atoms with Crippen molar-refractivity contribution in [3.63, 3.8) is 0 Å². The Morgan fingerprint density at radius 2 is 2.00 bits per heavy atom. The highest BCUT2D eigenvalue weighted by molar-refractivity contribution is 5.85. The fraction of sp³-hybridized carbons (Fsp3) is 0.556. The van der Waals surface area contributed by atoms with Crippen LogP contribution >= 0.6 is 0 Å². The molecule has 0 aromatic heterocycles. The number of carbonyl (C=O) groups excluding carboxylic acids is 2. The van der Waals surface area contributed by atoms with Crippen LogP contribution in [0, 0.1) is 12.8 Å². The number of aryl methyl sites for hydroxylation is 1. The molecule has 3 rings (SSSR count). The Balaban J connectivity index is 1.94. The zero-order chi connectivity index (χ0) is 15.7. The third kappa shape index (κ3) is 2.87. The summed E-state index contributed by atoms with van der Waals surface area (Å²) in [6.07, 6.45) is 3.29. The number of likely N-dealkylation sites (tertiary alicyclic amines) is 1. The van der Waals surface area contributed by atoms with E-state index in [0.717, 1.165) is 24.0 Å². The first-order valence-electron chi connectivity index (χ1n) is 8.27. The largest absolute Gasteiger partial charge is 0.353 e. The van der Waals surface area contributed by atoms with Crippen molar-refractivity contribution in [2.45, 2.75) is 51.6 Å². The number of rotatable bonds is 4. The van der Waals surface area contributed by atoms with Gasteiger partial charge in [0.15, 0.2) is 0 Å². The highest BCUT2D eigenvalue weighted by Crippen LogP contribution is 2.38. The lowest BCUT2D eigenvalue weighted by atomic mass is 9.82. The predicted molar refractivity (Wildman–Crippen MR) is 85.2 cm³/mol. The Morgan fingerprint density at radius 3 is 2.64 bits per heavy atom. The molecule has 2 atom stereocenters. The van der Waals surface area contributed by atoms with E-state index in [4.69, 9.17) is 0 Å². The van der Waals surface area contributed by atoms with Gasteiger partial charge >= 0.3 is 0 Å². The van der Waals surface area contributed by atoms with Gasteiger partial charge in [-0.25, -0.2) is 0 Å². The van der Waals surface area contributed by atoms with E-state index >= 15 is 0 Å². The molecule has 1 saturated carbocycles. The number of nitrogens with zero attached hydrogens (tertiary/aromatic N) is 1. The summed E-state index contributed by atoms with van der Waals surface area (Å²) < 4.78 is 0. The van der Waals surface area contributed by atoms with Gasteiger partial charge in [0.1, 0.15) is 0 Å². The normalized spacial score (nSPS) is 25.2. The molecule has 118 valence electrons. The van der Waals surface area contributed by atoms with Crippen LogP contribution in [-0.2, 0) is 9.59 Å². The smallest absolute Gasteiger partial charge is 0.225 e. The van der Waals surface area contributed by atoms with Gasteiger partial charge in [0.05, 0.1) is 12.0 Å². The molecule has 1 saturated heterocycles. The molecule has 4 nitrogen and oxygen atoms in total. The van der Waals surface area contributed by atoms with Crippen LogP contribution in [0.15, 0.2) is 24.3 Å². The molecule has 2 fully saturated rings. The zero-order valence-corrected chi connectivity index (χ0v) is 13.3. The molecule has 0 radical (unpaired) electrons. The number of benzene rings is 1. The Labute approximate surface area is 131 Å². The second-order valence-electron chi connectivity index (χ2n) is 6.41. The molecule has 4 heteroatoms. The van der Waals surface area contributed by atoms with Crippen molar-refractivity contribution in [2.75, 3.05) is 6.54 Å². The van der Waals surface area contributed by atoms with E-state index in [9.17, 15) is 9.59 Å². The quantitative estimate of drug-likeness (QED) is 0.929. The van der Waals surface area contributed by atoms with Crippen LogP contribution < -0.4 is 5.32 Å². The van der Waals surface area contributed by atoms with Crippen LogP contribution in [0.25, 0.3) is 0 Å². The van der Waals surface area contributed by atoms with Gasteiger partial charge in [-0.3, -0.25) is 9.59 Å². The average Bonchev–Trinajstić information content (AvgIpc) is 3.31. The summed E-state index contributed by atoms with van der Waals surface area (Å²) in [6.45, 7) is 4.69. The van der Waals surface area contributed by atoms with Crippen molar-refractivity contribution in [1.82, 2.24) is 10.2 Å². The third-order valence-electron chi connectivity index (χ3n) is 4.81. The molecular formula is C18H24N2O2. The second kappa shape index (κ2) is 6.11. The van der Waals surface area contributed by atoms with Crippen molar-refractivity contribution in [3.05, 3.63) is 35.4 Å². The van der Waals surface area contributed by atoms with Crippen molar-refractivity contribution in [1.29, 1.82) is 0 Å². The van der Waals surface area contributed by atoms with Gasteiger partial charge in [-0.15, -0.1) is 0 Å². The predicted octanol–water partition coefficient (Wildman–Crippen LogP) is 2.57. The molecule has 0 bridgehead atoms. The molecule has 0 spiro atoms. The topological polar surface area (TPSA) is 49.4 Å². The fourth-order valence-corrected chi connectivity index (χ4v) is 3.44. The number of hydrogen-bond acceptors (Lipinski definition) is 2. The van der Waals surface area contributed by atoms with Crippen LogP contribution in [0.3, 0.4) is 0 Å². The van der Waals surface area contributed by atoms with Gasteiger partial charge in [-0.1, -0.05) is 24.3 Å². The molecule has 0 unspecified atom stereocenters. The Bertz CT molecular complexity index is 580. The van der Waals surface area contributed by atoms with Crippen LogP contribution in [0.1, 0.15) is 49.8 Å². The average molecular weight is 300 g/mol. The molecule has 1 aromatic rings. The highest BCUT2D eigenvalue weighted by Gasteiger charge is 2.41. The van der Waals surface area contributed by atoms with Gasteiger partial charge in [-0.2, -0.15) is 0 Å². The molecule has 1 heterocycles. The molecule has 2 aliphatic rings. The van der Waals surface area contributed by atoms with Gasteiger partial charge in [0.2, 0.25) is 11.8 Å². The fourth-order valence-electron chi connectivity index (χ4n) is 3.44. The van der Waals surface area contributed by atoms with E-state index in [1.807, 2.05) is 24.0 Å². The summed E-state index contributed by atoms with van der Waals surface area (Å²) in [4.78, 5) is 26.9. The lowest BCUT2D eigenvalue weighted by Gasteiger charge is -2.41. The van der Waals surface area contributed by atoms with Crippen LogP contribution in [0.4, 0.5) is 0 Å². The summed E-state index contributed by atoms with van der Waals surface area (Å²) in [5.74, 6) is 0.132. The summed E-state index contributed by atoms with van der Waals surface area (Å²) in [5.41, 5.74) is 2.25. The van der Waals surface area contributed by atoms with Crippen molar-refractivity contribution < 1.29 is 9.59 Å². The van der Waals surface area contributed by atoms with E-state index in [-0.39, 0.29) is 23.8 Å². The number of hydrogen-bond donors (Lipinski definition) is 1. The summed E-state index contributed by atoms with van der Waals surface area (Å²) >= 11 is 0. The van der Waals surface area contributed by atoms with E-state index in [1.54, 1.807) is 0 Å². The Morgan fingerprint density at radius 1 is 1.27 bits per heavy atom. The highest BCUT2D eigenvalue weighted by atomic mass is 16.2. The van der Waals surface area contributed by atoms with Crippen molar-refractivity contribution in [3.8, 4) is 0 Å². The number of piperidine rings is 1. The van der Waals surface area contributed by atoms with Crippen LogP contribution in [0.2, 0.25) is 0 Å². The first kappa shape index (κ1) is 15.1. The van der Waals surface area contributed by atoms with E-state index in [0.29, 0.717) is 25.4 Å². The first-order valence-corrected chi connectivity index (χ1v) is 8.27. The van der Waals surface area contributed by atoms with Gasteiger partial charge in [0, 0.05) is 19.0 Å². The lowest BCUT2D eigenvalue weighted by Crippen LogP contribution is -2.48. The number of nitrogens with one attached hydrogen (secondary N) is 1. The monoisotopic (exact) mass is 300 g/mol. The van der Waals surface area contributed by atoms with E-state index < -0.39 is 0 Å². The Hall–Kier alpha value is -1.84. The SMILES string of the molecule is CCN1C(=O)CC[C@@H](C(=O)NC2CC2)[C@@H]1c1ccccc1C. The van der Waals surface area contributed by atoms with Crippen LogP contribution in [0.5, 0.6) is 0 Å². The number of amides is 2. The maximum Gasteiger partial charge on any atom is 0.225 e. The molecule has 2 amide bonds. The minimum Gasteiger partial charge on any atom is -0.353 e. The third-order valence-corrected chi connectivity index (χ3v) is 4.81. The first-order chi connectivity index (χ1) is 10.6. The Kier molecular flexibility index (Phi) is 4.19. The maximum atomic E-state index is 12.7. The minimum atomic E-state index is -0.139. The second-order valence-corrected chi connectivity index (χ2v) is 6.41. The molecule has 1 aliphatic heterocycles. The lowest BCUT2D eigenvalue weighted by molar-refractivity contribution is -0.143. The minimum absolute atomic E-state index is 0.113. The molecule has 1 aliphatic carbocycles. The summed E-state index contributed by atoms with van der Waals surface area (Å²) in [5, 5.41) is 3.13. The van der Waals surface area contributed by atoms with Gasteiger partial charge in [-0.05, 0) is 44.2 Å². The van der Waals surface area contributed by atoms with Gasteiger partial charge in [0.25, 0.3) is 0 Å². The van der Waals surface area contributed by atoms with E-state index in [2.05, 4.69) is 24.4 Å². The molecule has 22 heavy (non-hydrogen) atoms. The maximum absolute atomic E-state index is 12.7. The molecular weight excluding hydrogens is 276 g/mol. The molecule has 1 aromatic carbocycles. The van der Waals surface area contributed by atoms with Crippen LogP contribution in [-0.4, -0.2) is 29.3 Å². The van der Waals surface area contributed by atoms with Crippen molar-refractivity contribution in [2.24, 2.45) is 5.92 Å². The van der Waals surface area contributed by atoms with Gasteiger partial charge < -0.3 is 10.2 Å². The summed E-state index contributed by atoms with van der Waals surface area (Å²) in [7, 11) is 0. The molecule has 1 N–H and O–H groups in total. The zero-order valence-electron chi connectivity index (χ0n) is 13.3. The van der Waals surface area contributed by atoms with E-state index in [1.165, 1.54) is 0 Å². The summed E-state index contributed by atoms with van der Waals surface area (Å²) in [6, 6.07) is 8.32.